The van der Waals surface area contributed by atoms with E-state index in [0.717, 1.165) is 22.9 Å². The monoisotopic (exact) mass is 249 g/mol. The van der Waals surface area contributed by atoms with Gasteiger partial charge in [-0.3, -0.25) is 0 Å². The summed E-state index contributed by atoms with van der Waals surface area (Å²) in [5.74, 6) is 1.44. The number of nitrogens with zero attached hydrogens (tertiary/aromatic N) is 3. The smallest absolute Gasteiger partial charge is 0.221 e. The van der Waals surface area contributed by atoms with Gasteiger partial charge < -0.3 is 11.1 Å². The molecule has 0 aliphatic heterocycles. The minimum absolute atomic E-state index is 0.292. The average molecular weight is 249 g/mol. The molecule has 0 spiro atoms. The summed E-state index contributed by atoms with van der Waals surface area (Å²) in [6, 6.07) is 0. The summed E-state index contributed by atoms with van der Waals surface area (Å²) in [7, 11) is 0. The van der Waals surface area contributed by atoms with E-state index in [4.69, 9.17) is 5.73 Å². The molecule has 0 bridgehead atoms. The molecule has 0 aromatic carbocycles. The standard InChI is InChI=1S/C11H15N5S/c1-7-5-15-11(12)16-9(7)14-6-8(2)10-13-3-4-17-10/h3-5,8H,6H2,1-2H3,(H3,12,14,15,16). The zero-order valence-corrected chi connectivity index (χ0v) is 10.7. The summed E-state index contributed by atoms with van der Waals surface area (Å²) in [6.45, 7) is 4.87. The molecular weight excluding hydrogens is 234 g/mol. The number of nitrogen functional groups attached to an aromatic ring is 1. The highest BCUT2D eigenvalue weighted by molar-refractivity contribution is 7.09. The molecule has 0 radical (unpaired) electrons. The van der Waals surface area contributed by atoms with Crippen molar-refractivity contribution in [1.29, 1.82) is 0 Å². The Hall–Kier alpha value is -1.69. The van der Waals surface area contributed by atoms with Crippen molar-refractivity contribution in [3.05, 3.63) is 28.3 Å². The van der Waals surface area contributed by atoms with Gasteiger partial charge in [-0.25, -0.2) is 9.97 Å². The van der Waals surface area contributed by atoms with Crippen LogP contribution in [0, 0.1) is 6.92 Å². The van der Waals surface area contributed by atoms with Crippen molar-refractivity contribution in [2.75, 3.05) is 17.6 Å². The minimum atomic E-state index is 0.292. The first-order valence-corrected chi connectivity index (χ1v) is 6.27. The molecule has 1 atom stereocenters. The van der Waals surface area contributed by atoms with Gasteiger partial charge in [-0.15, -0.1) is 11.3 Å². The van der Waals surface area contributed by atoms with Gasteiger partial charge in [0.25, 0.3) is 0 Å². The van der Waals surface area contributed by atoms with Crippen molar-refractivity contribution in [2.24, 2.45) is 0 Å². The van der Waals surface area contributed by atoms with E-state index >= 15 is 0 Å². The van der Waals surface area contributed by atoms with Gasteiger partial charge in [-0.05, 0) is 6.92 Å². The van der Waals surface area contributed by atoms with Crippen LogP contribution in [-0.4, -0.2) is 21.5 Å². The highest BCUT2D eigenvalue weighted by atomic mass is 32.1. The van der Waals surface area contributed by atoms with Crippen molar-refractivity contribution >= 4 is 23.1 Å². The molecule has 2 aromatic heterocycles. The van der Waals surface area contributed by atoms with Crippen LogP contribution in [0.25, 0.3) is 0 Å². The first kappa shape index (κ1) is 11.8. The number of hydrogen-bond acceptors (Lipinski definition) is 6. The highest BCUT2D eigenvalue weighted by Crippen LogP contribution is 2.19. The van der Waals surface area contributed by atoms with Gasteiger partial charge in [-0.2, -0.15) is 4.98 Å². The molecule has 17 heavy (non-hydrogen) atoms. The van der Waals surface area contributed by atoms with E-state index in [0.29, 0.717) is 11.9 Å². The van der Waals surface area contributed by atoms with Gasteiger partial charge >= 0.3 is 0 Å². The fourth-order valence-corrected chi connectivity index (χ4v) is 2.15. The molecule has 90 valence electrons. The molecule has 2 heterocycles. The molecule has 0 aliphatic carbocycles. The van der Waals surface area contributed by atoms with Gasteiger partial charge in [-0.1, -0.05) is 6.92 Å². The SMILES string of the molecule is Cc1cnc(N)nc1NCC(C)c1nccs1. The van der Waals surface area contributed by atoms with Gasteiger partial charge in [0, 0.05) is 35.8 Å². The molecule has 1 unspecified atom stereocenters. The molecule has 2 rings (SSSR count). The summed E-state index contributed by atoms with van der Waals surface area (Å²) in [5, 5.41) is 6.39. The van der Waals surface area contributed by atoms with Crippen molar-refractivity contribution in [1.82, 2.24) is 15.0 Å². The second kappa shape index (κ2) is 5.09. The number of anilines is 2. The van der Waals surface area contributed by atoms with Crippen molar-refractivity contribution in [2.45, 2.75) is 19.8 Å². The molecule has 3 N–H and O–H groups in total. The Kier molecular flexibility index (Phi) is 3.53. The van der Waals surface area contributed by atoms with Crippen LogP contribution >= 0.6 is 11.3 Å². The molecule has 0 fully saturated rings. The van der Waals surface area contributed by atoms with E-state index in [-0.39, 0.29) is 0 Å². The molecule has 0 saturated heterocycles. The van der Waals surface area contributed by atoms with E-state index < -0.39 is 0 Å². The van der Waals surface area contributed by atoms with E-state index in [2.05, 4.69) is 27.2 Å². The zero-order valence-electron chi connectivity index (χ0n) is 9.84. The Labute approximate surface area is 104 Å². The van der Waals surface area contributed by atoms with E-state index in [9.17, 15) is 0 Å². The molecule has 2 aromatic rings. The van der Waals surface area contributed by atoms with Crippen LogP contribution in [0.3, 0.4) is 0 Å². The Bertz CT molecular complexity index is 483. The molecule has 6 heteroatoms. The number of hydrogen-bond donors (Lipinski definition) is 2. The lowest BCUT2D eigenvalue weighted by molar-refractivity contribution is 0.790. The molecule has 5 nitrogen and oxygen atoms in total. The number of aryl methyl sites for hydroxylation is 1. The van der Waals surface area contributed by atoms with Crippen LogP contribution in [-0.2, 0) is 0 Å². The summed E-state index contributed by atoms with van der Waals surface area (Å²) in [6.07, 6.45) is 3.54. The van der Waals surface area contributed by atoms with Gasteiger partial charge in [0.05, 0.1) is 5.01 Å². The van der Waals surface area contributed by atoms with Crippen molar-refractivity contribution in [3.8, 4) is 0 Å². The predicted octanol–water partition coefficient (Wildman–Crippen LogP) is 2.04. The Morgan fingerprint density at radius 2 is 2.29 bits per heavy atom. The average Bonchev–Trinajstić information content (AvgIpc) is 2.83. The number of aromatic nitrogens is 3. The molecule has 0 saturated carbocycles. The maximum absolute atomic E-state index is 5.56. The van der Waals surface area contributed by atoms with Gasteiger partial charge in [0.15, 0.2) is 0 Å². The lowest BCUT2D eigenvalue weighted by atomic mass is 10.2. The largest absolute Gasteiger partial charge is 0.369 e. The second-order valence-corrected chi connectivity index (χ2v) is 4.84. The first-order chi connectivity index (χ1) is 8.16. The fourth-order valence-electron chi connectivity index (χ4n) is 1.45. The van der Waals surface area contributed by atoms with Gasteiger partial charge in [0.2, 0.25) is 5.95 Å². The van der Waals surface area contributed by atoms with Gasteiger partial charge in [0.1, 0.15) is 5.82 Å². The molecular formula is C11H15N5S. The molecule has 0 amide bonds. The zero-order chi connectivity index (χ0) is 12.3. The first-order valence-electron chi connectivity index (χ1n) is 5.39. The highest BCUT2D eigenvalue weighted by Gasteiger charge is 2.09. The lowest BCUT2D eigenvalue weighted by Crippen LogP contribution is -2.12. The lowest BCUT2D eigenvalue weighted by Gasteiger charge is -2.12. The topological polar surface area (TPSA) is 76.7 Å². The second-order valence-electron chi connectivity index (χ2n) is 3.91. The normalized spacial score (nSPS) is 12.4. The predicted molar refractivity (Wildman–Crippen MR) is 70.2 cm³/mol. The van der Waals surface area contributed by atoms with E-state index in [1.54, 1.807) is 17.5 Å². The summed E-state index contributed by atoms with van der Waals surface area (Å²) >= 11 is 1.66. The van der Waals surface area contributed by atoms with Crippen LogP contribution in [0.15, 0.2) is 17.8 Å². The van der Waals surface area contributed by atoms with Crippen LogP contribution in [0.1, 0.15) is 23.4 Å². The third-order valence-corrected chi connectivity index (χ3v) is 3.45. The van der Waals surface area contributed by atoms with Crippen LogP contribution < -0.4 is 11.1 Å². The quantitative estimate of drug-likeness (QED) is 0.867. The van der Waals surface area contributed by atoms with Crippen LogP contribution in [0.4, 0.5) is 11.8 Å². The summed E-state index contributed by atoms with van der Waals surface area (Å²) < 4.78 is 0. The summed E-state index contributed by atoms with van der Waals surface area (Å²) in [4.78, 5) is 12.4. The number of nitrogens with one attached hydrogen (secondary N) is 1. The third-order valence-electron chi connectivity index (χ3n) is 2.44. The maximum atomic E-state index is 5.56. The Morgan fingerprint density at radius 1 is 1.47 bits per heavy atom. The third kappa shape index (κ3) is 2.91. The maximum Gasteiger partial charge on any atom is 0.221 e. The van der Waals surface area contributed by atoms with E-state index in [1.165, 1.54) is 0 Å². The van der Waals surface area contributed by atoms with Crippen molar-refractivity contribution in [3.63, 3.8) is 0 Å². The van der Waals surface area contributed by atoms with E-state index in [1.807, 2.05) is 18.5 Å². The Morgan fingerprint density at radius 3 is 3.00 bits per heavy atom. The molecule has 0 aliphatic rings. The van der Waals surface area contributed by atoms with Crippen LogP contribution in [0.5, 0.6) is 0 Å². The minimum Gasteiger partial charge on any atom is -0.369 e. The number of thiazole rings is 1. The van der Waals surface area contributed by atoms with Crippen molar-refractivity contribution < 1.29 is 0 Å². The fraction of sp³-hybridized carbons (Fsp3) is 0.364. The van der Waals surface area contributed by atoms with Crippen LogP contribution in [0.2, 0.25) is 0 Å². The Balaban J connectivity index is 2.00. The summed E-state index contributed by atoms with van der Waals surface area (Å²) in [5.41, 5.74) is 6.55. The number of rotatable bonds is 4. The number of nitrogens with two attached hydrogens (primary N) is 1.